The van der Waals surface area contributed by atoms with E-state index in [-0.39, 0.29) is 11.7 Å². The number of nitrogens with zero attached hydrogens (tertiary/aromatic N) is 4. The van der Waals surface area contributed by atoms with Crippen LogP contribution in [0.5, 0.6) is 0 Å². The molecule has 1 aromatic heterocycles. The van der Waals surface area contributed by atoms with Crippen LogP contribution in [0.1, 0.15) is 12.5 Å². The van der Waals surface area contributed by atoms with Gasteiger partial charge in [-0.25, -0.2) is 5.43 Å². The lowest BCUT2D eigenvalue weighted by Crippen LogP contribution is -2.21. The summed E-state index contributed by atoms with van der Waals surface area (Å²) in [5.74, 6) is 0.648. The number of hydrazone groups is 1. The molecule has 36 heavy (non-hydrogen) atoms. The van der Waals surface area contributed by atoms with Gasteiger partial charge in [0.1, 0.15) is 0 Å². The number of aromatic nitrogens is 3. The van der Waals surface area contributed by atoms with Crippen LogP contribution >= 0.6 is 27.7 Å². The summed E-state index contributed by atoms with van der Waals surface area (Å²) in [5.41, 5.74) is 6.23. The number of amides is 1. The maximum atomic E-state index is 12.6. The number of carbonyl (C=O) groups excluding carboxylic acids is 1. The third kappa shape index (κ3) is 5.40. The highest BCUT2D eigenvalue weighted by Gasteiger charge is 2.17. The molecule has 1 amide bonds. The molecule has 6 nitrogen and oxygen atoms in total. The smallest absolute Gasteiger partial charge is 0.250 e. The molecule has 0 unspecified atom stereocenters. The minimum Gasteiger partial charge on any atom is -0.272 e. The number of hydrogen-bond acceptors (Lipinski definition) is 5. The number of rotatable bonds is 7. The molecule has 178 valence electrons. The zero-order valence-corrected chi connectivity index (χ0v) is 21.8. The fraction of sp³-hybridized carbons (Fsp3) is 0.0714. The average Bonchev–Trinajstić information content (AvgIpc) is 3.35. The second-order valence-electron chi connectivity index (χ2n) is 8.07. The molecule has 8 heteroatoms. The van der Waals surface area contributed by atoms with Crippen molar-refractivity contribution in [2.24, 2.45) is 5.10 Å². The van der Waals surface area contributed by atoms with Crippen LogP contribution in [0, 0.1) is 0 Å². The standard InChI is InChI=1S/C28H22BrN5OS/c1-19(22-12-11-20-7-5-6-8-23(20)17-22)30-31-26(35)18-36-28-33-32-27(21-13-15-24(29)16-14-21)34(28)25-9-3-2-4-10-25/h2-17H,18H2,1H3,(H,31,35). The Kier molecular flexibility index (Phi) is 7.25. The molecule has 0 atom stereocenters. The normalized spacial score (nSPS) is 11.6. The first kappa shape index (κ1) is 24.0. The lowest BCUT2D eigenvalue weighted by Gasteiger charge is -2.10. The molecular weight excluding hydrogens is 534 g/mol. The van der Waals surface area contributed by atoms with Crippen LogP contribution < -0.4 is 5.43 Å². The van der Waals surface area contributed by atoms with E-state index in [0.717, 1.165) is 32.4 Å². The number of para-hydroxylation sites is 1. The van der Waals surface area contributed by atoms with Crippen LogP contribution in [0.25, 0.3) is 27.8 Å². The van der Waals surface area contributed by atoms with Crippen molar-refractivity contribution in [3.63, 3.8) is 0 Å². The van der Waals surface area contributed by atoms with Crippen molar-refractivity contribution >= 4 is 50.1 Å². The molecule has 0 aliphatic heterocycles. The Morgan fingerprint density at radius 1 is 0.917 bits per heavy atom. The molecule has 0 fully saturated rings. The Labute approximate surface area is 221 Å². The highest BCUT2D eigenvalue weighted by atomic mass is 79.9. The summed E-state index contributed by atoms with van der Waals surface area (Å²) >= 11 is 4.79. The third-order valence-electron chi connectivity index (χ3n) is 5.60. The lowest BCUT2D eigenvalue weighted by atomic mass is 10.0. The van der Waals surface area contributed by atoms with Gasteiger partial charge in [0.25, 0.3) is 5.91 Å². The van der Waals surface area contributed by atoms with E-state index in [1.807, 2.05) is 84.3 Å². The molecule has 0 aliphatic rings. The zero-order chi connectivity index (χ0) is 24.9. The molecule has 4 aromatic carbocycles. The number of carbonyl (C=O) groups is 1. The van der Waals surface area contributed by atoms with Crippen LogP contribution in [0.3, 0.4) is 0 Å². The van der Waals surface area contributed by atoms with Gasteiger partial charge in [-0.3, -0.25) is 9.36 Å². The number of benzene rings is 4. The number of hydrogen-bond donors (Lipinski definition) is 1. The van der Waals surface area contributed by atoms with Crippen LogP contribution in [-0.4, -0.2) is 32.1 Å². The molecule has 0 saturated heterocycles. The van der Waals surface area contributed by atoms with Gasteiger partial charge in [0.2, 0.25) is 0 Å². The number of thioether (sulfide) groups is 1. The van der Waals surface area contributed by atoms with Gasteiger partial charge in [0, 0.05) is 15.7 Å². The second kappa shape index (κ2) is 10.9. The largest absolute Gasteiger partial charge is 0.272 e. The summed E-state index contributed by atoms with van der Waals surface area (Å²) in [5, 5.41) is 16.0. The Morgan fingerprint density at radius 3 is 2.42 bits per heavy atom. The number of fused-ring (bicyclic) bond motifs is 1. The summed E-state index contributed by atoms with van der Waals surface area (Å²) in [6.45, 7) is 1.88. The van der Waals surface area contributed by atoms with E-state index in [4.69, 9.17) is 0 Å². The summed E-state index contributed by atoms with van der Waals surface area (Å²) in [4.78, 5) is 12.6. The molecule has 0 radical (unpaired) electrons. The van der Waals surface area contributed by atoms with Gasteiger partial charge in [-0.1, -0.05) is 94.4 Å². The first-order valence-corrected chi connectivity index (χ1v) is 13.1. The van der Waals surface area contributed by atoms with Gasteiger partial charge in [0.05, 0.1) is 11.5 Å². The Bertz CT molecular complexity index is 1550. The van der Waals surface area contributed by atoms with Gasteiger partial charge in [0.15, 0.2) is 11.0 Å². The van der Waals surface area contributed by atoms with Crippen molar-refractivity contribution in [1.82, 2.24) is 20.2 Å². The van der Waals surface area contributed by atoms with Crippen molar-refractivity contribution in [1.29, 1.82) is 0 Å². The van der Waals surface area contributed by atoms with Crippen LogP contribution in [0.4, 0.5) is 0 Å². The number of nitrogens with one attached hydrogen (secondary N) is 1. The average molecular weight is 556 g/mol. The molecule has 0 saturated carbocycles. The van der Waals surface area contributed by atoms with E-state index >= 15 is 0 Å². The van der Waals surface area contributed by atoms with Gasteiger partial charge in [-0.15, -0.1) is 10.2 Å². The van der Waals surface area contributed by atoms with Crippen molar-refractivity contribution < 1.29 is 4.79 Å². The molecule has 1 heterocycles. The summed E-state index contributed by atoms with van der Waals surface area (Å²) in [6, 6.07) is 32.1. The minimum atomic E-state index is -0.215. The molecule has 5 rings (SSSR count). The fourth-order valence-electron chi connectivity index (χ4n) is 3.75. The van der Waals surface area contributed by atoms with Crippen LogP contribution in [-0.2, 0) is 4.79 Å². The maximum absolute atomic E-state index is 12.6. The Morgan fingerprint density at radius 2 is 1.64 bits per heavy atom. The Hall–Kier alpha value is -3.75. The van der Waals surface area contributed by atoms with Gasteiger partial charge in [-0.05, 0) is 53.6 Å². The fourth-order valence-corrected chi connectivity index (χ4v) is 4.76. The molecule has 1 N–H and O–H groups in total. The van der Waals surface area contributed by atoms with Crippen LogP contribution in [0.15, 0.2) is 112 Å². The molecular formula is C28H22BrN5OS. The van der Waals surface area contributed by atoms with Gasteiger partial charge >= 0.3 is 0 Å². The summed E-state index contributed by atoms with van der Waals surface area (Å²) in [6.07, 6.45) is 0. The predicted octanol–water partition coefficient (Wildman–Crippen LogP) is 6.48. The molecule has 0 spiro atoms. The van der Waals surface area contributed by atoms with Crippen molar-refractivity contribution in [3.8, 4) is 17.1 Å². The van der Waals surface area contributed by atoms with E-state index < -0.39 is 0 Å². The highest BCUT2D eigenvalue weighted by molar-refractivity contribution is 9.10. The van der Waals surface area contributed by atoms with Crippen molar-refractivity contribution in [2.45, 2.75) is 12.1 Å². The summed E-state index contributed by atoms with van der Waals surface area (Å²) in [7, 11) is 0. The van der Waals surface area contributed by atoms with Gasteiger partial charge in [-0.2, -0.15) is 5.10 Å². The van der Waals surface area contributed by atoms with E-state index in [0.29, 0.717) is 11.0 Å². The first-order valence-electron chi connectivity index (χ1n) is 11.3. The monoisotopic (exact) mass is 555 g/mol. The van der Waals surface area contributed by atoms with E-state index in [1.165, 1.54) is 17.1 Å². The third-order valence-corrected chi connectivity index (χ3v) is 7.06. The van der Waals surface area contributed by atoms with Crippen molar-refractivity contribution in [3.05, 3.63) is 107 Å². The number of halogens is 1. The molecule has 0 aliphatic carbocycles. The summed E-state index contributed by atoms with van der Waals surface area (Å²) < 4.78 is 2.95. The minimum absolute atomic E-state index is 0.153. The lowest BCUT2D eigenvalue weighted by molar-refractivity contribution is -0.118. The first-order chi connectivity index (χ1) is 17.6. The highest BCUT2D eigenvalue weighted by Crippen LogP contribution is 2.28. The topological polar surface area (TPSA) is 72.2 Å². The predicted molar refractivity (Wildman–Crippen MR) is 150 cm³/mol. The van der Waals surface area contributed by atoms with E-state index in [9.17, 15) is 4.79 Å². The molecule has 0 bridgehead atoms. The SMILES string of the molecule is CC(=NNC(=O)CSc1nnc(-c2ccc(Br)cc2)n1-c1ccccc1)c1ccc2ccccc2c1. The van der Waals surface area contributed by atoms with Gasteiger partial charge < -0.3 is 0 Å². The maximum Gasteiger partial charge on any atom is 0.250 e. The second-order valence-corrected chi connectivity index (χ2v) is 9.93. The zero-order valence-electron chi connectivity index (χ0n) is 19.4. The van der Waals surface area contributed by atoms with E-state index in [2.05, 4.69) is 60.9 Å². The Balaban J connectivity index is 1.31. The quantitative estimate of drug-likeness (QED) is 0.142. The van der Waals surface area contributed by atoms with E-state index in [1.54, 1.807) is 0 Å². The molecule has 5 aromatic rings. The van der Waals surface area contributed by atoms with Crippen molar-refractivity contribution in [2.75, 3.05) is 5.75 Å². The van der Waals surface area contributed by atoms with Crippen LogP contribution in [0.2, 0.25) is 0 Å².